The molecule has 112 valence electrons. The first-order valence-corrected chi connectivity index (χ1v) is 7.50. The average molecular weight is 308 g/mol. The van der Waals surface area contributed by atoms with Crippen LogP contribution in [0.3, 0.4) is 0 Å². The van der Waals surface area contributed by atoms with Crippen LogP contribution >= 0.6 is 11.8 Å². The number of aliphatic imine (C=N–C) groups is 1. The lowest BCUT2D eigenvalue weighted by molar-refractivity contribution is -0.142. The minimum absolute atomic E-state index is 0.0177. The predicted molar refractivity (Wildman–Crippen MR) is 80.5 cm³/mol. The van der Waals surface area contributed by atoms with Crippen LogP contribution in [-0.4, -0.2) is 51.6 Å². The van der Waals surface area contributed by atoms with Gasteiger partial charge in [0.05, 0.1) is 5.04 Å². The van der Waals surface area contributed by atoms with Crippen LogP contribution in [-0.2, 0) is 9.59 Å². The normalized spacial score (nSPS) is 18.9. The van der Waals surface area contributed by atoms with E-state index >= 15 is 0 Å². The smallest absolute Gasteiger partial charge is 0.326 e. The number of carboxylic acids is 1. The molecule has 21 heavy (non-hydrogen) atoms. The van der Waals surface area contributed by atoms with Crippen molar-refractivity contribution in [3.8, 4) is 0 Å². The number of nitrogens with zero attached hydrogens (tertiary/aromatic N) is 1. The van der Waals surface area contributed by atoms with Crippen LogP contribution in [0.15, 0.2) is 35.3 Å². The van der Waals surface area contributed by atoms with E-state index in [4.69, 9.17) is 10.2 Å². The number of amides is 1. The van der Waals surface area contributed by atoms with Crippen molar-refractivity contribution in [2.75, 3.05) is 12.4 Å². The molecule has 6 nitrogen and oxygen atoms in total. The average Bonchev–Trinajstić information content (AvgIpc) is 2.97. The molecule has 1 amide bonds. The highest BCUT2D eigenvalue weighted by molar-refractivity contribution is 8.14. The van der Waals surface area contributed by atoms with Gasteiger partial charge in [0.15, 0.2) is 0 Å². The molecule has 0 aromatic heterocycles. The fourth-order valence-electron chi connectivity index (χ4n) is 1.90. The van der Waals surface area contributed by atoms with Crippen molar-refractivity contribution >= 4 is 28.7 Å². The maximum atomic E-state index is 12.0. The number of hydrogen-bond acceptors (Lipinski definition) is 5. The minimum Gasteiger partial charge on any atom is -0.480 e. The number of rotatable bonds is 6. The Kier molecular flexibility index (Phi) is 5.35. The third-order valence-corrected chi connectivity index (χ3v) is 4.10. The van der Waals surface area contributed by atoms with Gasteiger partial charge in [-0.2, -0.15) is 0 Å². The van der Waals surface area contributed by atoms with E-state index in [2.05, 4.69) is 10.3 Å². The fourth-order valence-corrected chi connectivity index (χ4v) is 2.95. The maximum Gasteiger partial charge on any atom is 0.326 e. The molecular formula is C14H16N2O4S. The van der Waals surface area contributed by atoms with E-state index in [1.54, 1.807) is 0 Å². The number of carboxylic acid groups (broad SMARTS) is 1. The summed E-state index contributed by atoms with van der Waals surface area (Å²) in [6, 6.07) is 7.85. The zero-order chi connectivity index (χ0) is 15.2. The van der Waals surface area contributed by atoms with E-state index in [1.165, 1.54) is 11.8 Å². The van der Waals surface area contributed by atoms with Gasteiger partial charge in [-0.25, -0.2) is 4.79 Å². The first kappa shape index (κ1) is 15.5. The number of thioether (sulfide) groups is 1. The zero-order valence-corrected chi connectivity index (χ0v) is 12.0. The highest BCUT2D eigenvalue weighted by Gasteiger charge is 2.29. The molecule has 1 aliphatic rings. The number of aliphatic hydroxyl groups is 1. The molecule has 0 aliphatic carbocycles. The Morgan fingerprint density at radius 3 is 2.71 bits per heavy atom. The van der Waals surface area contributed by atoms with Gasteiger partial charge in [-0.05, 0) is 0 Å². The summed E-state index contributed by atoms with van der Waals surface area (Å²) < 4.78 is 0. The van der Waals surface area contributed by atoms with Gasteiger partial charge in [0.1, 0.15) is 12.1 Å². The second-order valence-electron chi connectivity index (χ2n) is 4.54. The Labute approximate surface area is 126 Å². The summed E-state index contributed by atoms with van der Waals surface area (Å²) in [6.07, 6.45) is -0.0177. The number of aliphatic carboxylic acids is 1. The van der Waals surface area contributed by atoms with E-state index < -0.39 is 24.0 Å². The lowest BCUT2D eigenvalue weighted by Gasteiger charge is -2.14. The summed E-state index contributed by atoms with van der Waals surface area (Å²) in [7, 11) is 0. The van der Waals surface area contributed by atoms with Gasteiger partial charge in [-0.3, -0.25) is 9.79 Å². The Bertz CT molecular complexity index is 547. The van der Waals surface area contributed by atoms with Crippen LogP contribution in [0.25, 0.3) is 0 Å². The fraction of sp³-hybridized carbons (Fsp3) is 0.357. The van der Waals surface area contributed by atoms with Gasteiger partial charge in [0, 0.05) is 24.3 Å². The largest absolute Gasteiger partial charge is 0.480 e. The van der Waals surface area contributed by atoms with E-state index in [0.717, 1.165) is 10.6 Å². The molecule has 0 saturated carbocycles. The third-order valence-electron chi connectivity index (χ3n) is 3.01. The summed E-state index contributed by atoms with van der Waals surface area (Å²) in [5, 5.41) is 21.0. The highest BCUT2D eigenvalue weighted by atomic mass is 32.2. The number of benzene rings is 1. The molecule has 1 unspecified atom stereocenters. The van der Waals surface area contributed by atoms with Crippen molar-refractivity contribution in [3.05, 3.63) is 35.9 Å². The predicted octanol–water partition coefficient (Wildman–Crippen LogP) is 0.500. The maximum absolute atomic E-state index is 12.0. The Balaban J connectivity index is 2.01. The molecule has 1 aromatic carbocycles. The van der Waals surface area contributed by atoms with Crippen molar-refractivity contribution < 1.29 is 19.8 Å². The number of carbonyl (C=O) groups is 2. The molecule has 0 spiro atoms. The standard InChI is InChI=1S/C14H16N2O4S/c17-7-6-10(14(19)20)15-12(18)11-8-21-13(16-11)9-4-2-1-3-5-9/h1-5,10-11,17H,6-8H2,(H,15,18)(H,19,20)/t10-,11?/m0/s1. The minimum atomic E-state index is -1.16. The summed E-state index contributed by atoms with van der Waals surface area (Å²) in [5.74, 6) is -1.09. The second kappa shape index (κ2) is 7.24. The van der Waals surface area contributed by atoms with Gasteiger partial charge in [-0.1, -0.05) is 30.3 Å². The molecule has 1 aliphatic heterocycles. The van der Waals surface area contributed by atoms with Crippen molar-refractivity contribution in [2.24, 2.45) is 4.99 Å². The van der Waals surface area contributed by atoms with Gasteiger partial charge in [0.25, 0.3) is 0 Å². The molecule has 2 rings (SSSR count). The van der Waals surface area contributed by atoms with Crippen molar-refractivity contribution in [1.29, 1.82) is 0 Å². The molecule has 7 heteroatoms. The van der Waals surface area contributed by atoms with E-state index in [0.29, 0.717) is 5.75 Å². The second-order valence-corrected chi connectivity index (χ2v) is 5.55. The Morgan fingerprint density at radius 1 is 1.38 bits per heavy atom. The molecule has 0 fully saturated rings. The lowest BCUT2D eigenvalue weighted by atomic mass is 10.2. The molecule has 0 radical (unpaired) electrons. The quantitative estimate of drug-likeness (QED) is 0.711. The first-order chi connectivity index (χ1) is 10.1. The van der Waals surface area contributed by atoms with Crippen LogP contribution < -0.4 is 5.32 Å². The van der Waals surface area contributed by atoms with Gasteiger partial charge in [-0.15, -0.1) is 11.8 Å². The van der Waals surface area contributed by atoms with Crippen LogP contribution in [0, 0.1) is 0 Å². The van der Waals surface area contributed by atoms with Crippen molar-refractivity contribution in [2.45, 2.75) is 18.5 Å². The van der Waals surface area contributed by atoms with E-state index in [-0.39, 0.29) is 13.0 Å². The van der Waals surface area contributed by atoms with Crippen LogP contribution in [0.2, 0.25) is 0 Å². The van der Waals surface area contributed by atoms with Crippen LogP contribution in [0.5, 0.6) is 0 Å². The molecule has 3 N–H and O–H groups in total. The van der Waals surface area contributed by atoms with Crippen LogP contribution in [0.1, 0.15) is 12.0 Å². The summed E-state index contributed by atoms with van der Waals surface area (Å²) >= 11 is 1.47. The lowest BCUT2D eigenvalue weighted by Crippen LogP contribution is -2.45. The van der Waals surface area contributed by atoms with Crippen molar-refractivity contribution in [3.63, 3.8) is 0 Å². The number of carbonyl (C=O) groups excluding carboxylic acids is 1. The van der Waals surface area contributed by atoms with E-state index in [1.807, 2.05) is 30.3 Å². The Hall–Kier alpha value is -1.86. The summed E-state index contributed by atoms with van der Waals surface area (Å²) in [5.41, 5.74) is 0.947. The number of hydrogen-bond donors (Lipinski definition) is 3. The number of aliphatic hydroxyl groups excluding tert-OH is 1. The van der Waals surface area contributed by atoms with Gasteiger partial charge < -0.3 is 15.5 Å². The monoisotopic (exact) mass is 308 g/mol. The molecular weight excluding hydrogens is 292 g/mol. The van der Waals surface area contributed by atoms with Crippen LogP contribution in [0.4, 0.5) is 0 Å². The topological polar surface area (TPSA) is 99.0 Å². The van der Waals surface area contributed by atoms with Crippen molar-refractivity contribution in [1.82, 2.24) is 5.32 Å². The molecule has 1 heterocycles. The molecule has 0 bridgehead atoms. The van der Waals surface area contributed by atoms with E-state index in [9.17, 15) is 9.59 Å². The summed E-state index contributed by atoms with van der Waals surface area (Å²) in [6.45, 7) is -0.296. The van der Waals surface area contributed by atoms with Gasteiger partial charge >= 0.3 is 5.97 Å². The molecule has 0 saturated heterocycles. The SMILES string of the molecule is O=C(N[C@@H](CCO)C(=O)O)C1CSC(c2ccccc2)=N1. The Morgan fingerprint density at radius 2 is 2.10 bits per heavy atom. The molecule has 1 aromatic rings. The third kappa shape index (κ3) is 4.05. The van der Waals surface area contributed by atoms with Gasteiger partial charge in [0.2, 0.25) is 5.91 Å². The summed E-state index contributed by atoms with van der Waals surface area (Å²) in [4.78, 5) is 27.3. The number of nitrogens with one attached hydrogen (secondary N) is 1. The zero-order valence-electron chi connectivity index (χ0n) is 11.2. The molecule has 2 atom stereocenters. The highest BCUT2D eigenvalue weighted by Crippen LogP contribution is 2.23. The first-order valence-electron chi connectivity index (χ1n) is 6.52.